The summed E-state index contributed by atoms with van der Waals surface area (Å²) >= 11 is 6.09. The number of rotatable bonds is 3. The minimum atomic E-state index is -0.512. The Morgan fingerprint density at radius 2 is 2.11 bits per heavy atom. The summed E-state index contributed by atoms with van der Waals surface area (Å²) in [5, 5.41) is 3.79. The van der Waals surface area contributed by atoms with Gasteiger partial charge >= 0.3 is 0 Å². The maximum Gasteiger partial charge on any atom is 0.250 e. The smallest absolute Gasteiger partial charge is 0.250 e. The minimum Gasteiger partial charge on any atom is -0.366 e. The van der Waals surface area contributed by atoms with E-state index < -0.39 is 5.91 Å². The predicted octanol–water partition coefficient (Wildman–Crippen LogP) is 2.82. The van der Waals surface area contributed by atoms with Gasteiger partial charge in [0.05, 0.1) is 10.6 Å². The van der Waals surface area contributed by atoms with Crippen LogP contribution in [-0.2, 0) is 0 Å². The van der Waals surface area contributed by atoms with Gasteiger partial charge in [-0.05, 0) is 37.7 Å². The van der Waals surface area contributed by atoms with Crippen LogP contribution in [0.1, 0.15) is 43.0 Å². The topological polar surface area (TPSA) is 68.0 Å². The van der Waals surface area contributed by atoms with Gasteiger partial charge in [-0.15, -0.1) is 0 Å². The zero-order valence-electron chi connectivity index (χ0n) is 10.4. The standard InChI is InChI=1S/C13H18ClN3O/c1-8-2-4-10(5-3-8)17-13-11(14)6-9(7-16-13)12(15)18/h6-8,10H,2-5H2,1H3,(H2,15,18)(H,16,17). The highest BCUT2D eigenvalue weighted by Gasteiger charge is 2.19. The molecule has 1 heterocycles. The van der Waals surface area contributed by atoms with Crippen LogP contribution in [0.2, 0.25) is 5.02 Å². The molecule has 1 aliphatic carbocycles. The molecule has 0 bridgehead atoms. The summed E-state index contributed by atoms with van der Waals surface area (Å²) in [6.45, 7) is 2.28. The summed E-state index contributed by atoms with van der Waals surface area (Å²) in [6, 6.07) is 1.98. The number of nitrogens with one attached hydrogen (secondary N) is 1. The molecule has 0 aromatic carbocycles. The number of primary amides is 1. The van der Waals surface area contributed by atoms with E-state index in [2.05, 4.69) is 17.2 Å². The Bertz CT molecular complexity index is 442. The third-order valence-corrected chi connectivity index (χ3v) is 3.77. The number of anilines is 1. The molecule has 1 aromatic heterocycles. The van der Waals surface area contributed by atoms with Gasteiger partial charge in [-0.3, -0.25) is 4.79 Å². The highest BCUT2D eigenvalue weighted by Crippen LogP contribution is 2.28. The lowest BCUT2D eigenvalue weighted by Crippen LogP contribution is -2.26. The first kappa shape index (κ1) is 13.1. The molecule has 0 spiro atoms. The number of carbonyl (C=O) groups excluding carboxylic acids is 1. The summed E-state index contributed by atoms with van der Waals surface area (Å²) in [5.74, 6) is 0.937. The number of hydrogen-bond donors (Lipinski definition) is 2. The van der Waals surface area contributed by atoms with E-state index in [0.29, 0.717) is 22.4 Å². The second kappa shape index (κ2) is 5.57. The van der Waals surface area contributed by atoms with Crippen LogP contribution >= 0.6 is 11.6 Å². The second-order valence-electron chi connectivity index (χ2n) is 5.02. The van der Waals surface area contributed by atoms with Crippen LogP contribution in [0.15, 0.2) is 12.3 Å². The Kier molecular flexibility index (Phi) is 4.07. The average molecular weight is 268 g/mol. The molecule has 1 fully saturated rings. The molecule has 1 aromatic rings. The average Bonchev–Trinajstić information content (AvgIpc) is 2.34. The molecule has 18 heavy (non-hydrogen) atoms. The quantitative estimate of drug-likeness (QED) is 0.885. The zero-order chi connectivity index (χ0) is 13.1. The zero-order valence-corrected chi connectivity index (χ0v) is 11.2. The van der Waals surface area contributed by atoms with Gasteiger partial charge in [0.2, 0.25) is 5.91 Å². The van der Waals surface area contributed by atoms with Gasteiger partial charge < -0.3 is 11.1 Å². The molecule has 0 aliphatic heterocycles. The summed E-state index contributed by atoms with van der Waals surface area (Å²) in [5.41, 5.74) is 5.51. The molecule has 1 saturated carbocycles. The SMILES string of the molecule is CC1CCC(Nc2ncc(C(N)=O)cc2Cl)CC1. The Hall–Kier alpha value is -1.29. The van der Waals surface area contributed by atoms with Crippen molar-refractivity contribution >= 4 is 23.3 Å². The third-order valence-electron chi connectivity index (χ3n) is 3.48. The van der Waals surface area contributed by atoms with Crippen molar-refractivity contribution in [1.29, 1.82) is 0 Å². The lowest BCUT2D eigenvalue weighted by atomic mass is 9.87. The van der Waals surface area contributed by atoms with Crippen molar-refractivity contribution in [3.63, 3.8) is 0 Å². The van der Waals surface area contributed by atoms with E-state index in [9.17, 15) is 4.79 Å². The maximum atomic E-state index is 11.0. The van der Waals surface area contributed by atoms with Gasteiger partial charge in [0.25, 0.3) is 0 Å². The minimum absolute atomic E-state index is 0.336. The molecule has 3 N–H and O–H groups in total. The van der Waals surface area contributed by atoms with Crippen LogP contribution in [0.25, 0.3) is 0 Å². The Morgan fingerprint density at radius 1 is 1.44 bits per heavy atom. The van der Waals surface area contributed by atoms with Crippen molar-refractivity contribution in [3.8, 4) is 0 Å². The molecular weight excluding hydrogens is 250 g/mol. The van der Waals surface area contributed by atoms with E-state index in [1.165, 1.54) is 19.0 Å². The molecule has 0 unspecified atom stereocenters. The normalized spacial score (nSPS) is 23.7. The Balaban J connectivity index is 2.03. The van der Waals surface area contributed by atoms with Gasteiger partial charge in [0, 0.05) is 12.2 Å². The highest BCUT2D eigenvalue weighted by molar-refractivity contribution is 6.33. The van der Waals surface area contributed by atoms with Crippen molar-refractivity contribution in [2.45, 2.75) is 38.6 Å². The van der Waals surface area contributed by atoms with Crippen LogP contribution in [0.5, 0.6) is 0 Å². The summed E-state index contributed by atoms with van der Waals surface area (Å²) in [7, 11) is 0. The Labute approximate surface area is 112 Å². The number of aromatic nitrogens is 1. The summed E-state index contributed by atoms with van der Waals surface area (Å²) in [4.78, 5) is 15.2. The van der Waals surface area contributed by atoms with Crippen LogP contribution in [0.4, 0.5) is 5.82 Å². The van der Waals surface area contributed by atoms with Crippen molar-refractivity contribution in [1.82, 2.24) is 4.98 Å². The number of hydrogen-bond acceptors (Lipinski definition) is 3. The third kappa shape index (κ3) is 3.13. The van der Waals surface area contributed by atoms with Crippen molar-refractivity contribution in [3.05, 3.63) is 22.8 Å². The molecule has 0 atom stereocenters. The van der Waals surface area contributed by atoms with Gasteiger partial charge in [-0.25, -0.2) is 4.98 Å². The molecule has 4 nitrogen and oxygen atoms in total. The van der Waals surface area contributed by atoms with E-state index in [-0.39, 0.29) is 0 Å². The van der Waals surface area contributed by atoms with Gasteiger partial charge in [0.15, 0.2) is 0 Å². The fourth-order valence-electron chi connectivity index (χ4n) is 2.28. The Morgan fingerprint density at radius 3 is 2.67 bits per heavy atom. The van der Waals surface area contributed by atoms with E-state index in [1.54, 1.807) is 6.07 Å². The molecule has 2 rings (SSSR count). The number of nitrogens with two attached hydrogens (primary N) is 1. The molecule has 1 amide bonds. The summed E-state index contributed by atoms with van der Waals surface area (Å²) < 4.78 is 0. The predicted molar refractivity (Wildman–Crippen MR) is 72.8 cm³/mol. The van der Waals surface area contributed by atoms with Gasteiger partial charge in [0.1, 0.15) is 5.82 Å². The lowest BCUT2D eigenvalue weighted by Gasteiger charge is -2.27. The molecule has 0 saturated heterocycles. The first-order valence-electron chi connectivity index (χ1n) is 6.28. The molecular formula is C13H18ClN3O. The highest BCUT2D eigenvalue weighted by atomic mass is 35.5. The van der Waals surface area contributed by atoms with Gasteiger partial charge in [-0.1, -0.05) is 18.5 Å². The maximum absolute atomic E-state index is 11.0. The fraction of sp³-hybridized carbons (Fsp3) is 0.538. The molecule has 1 aliphatic rings. The van der Waals surface area contributed by atoms with Crippen molar-refractivity contribution in [2.75, 3.05) is 5.32 Å². The number of halogens is 1. The van der Waals surface area contributed by atoms with Gasteiger partial charge in [-0.2, -0.15) is 0 Å². The van der Waals surface area contributed by atoms with E-state index in [0.717, 1.165) is 18.8 Å². The number of amides is 1. The second-order valence-corrected chi connectivity index (χ2v) is 5.43. The van der Waals surface area contributed by atoms with Crippen molar-refractivity contribution in [2.24, 2.45) is 11.7 Å². The number of pyridine rings is 1. The first-order valence-corrected chi connectivity index (χ1v) is 6.66. The molecule has 98 valence electrons. The number of carbonyl (C=O) groups is 1. The van der Waals surface area contributed by atoms with Crippen molar-refractivity contribution < 1.29 is 4.79 Å². The lowest BCUT2D eigenvalue weighted by molar-refractivity contribution is 0.1000. The van der Waals surface area contributed by atoms with Crippen LogP contribution in [-0.4, -0.2) is 16.9 Å². The van der Waals surface area contributed by atoms with E-state index >= 15 is 0 Å². The molecule has 0 radical (unpaired) electrons. The number of nitrogens with zero attached hydrogens (tertiary/aromatic N) is 1. The van der Waals surface area contributed by atoms with Crippen LogP contribution in [0.3, 0.4) is 0 Å². The fourth-order valence-corrected chi connectivity index (χ4v) is 2.50. The molecule has 5 heteroatoms. The first-order chi connectivity index (χ1) is 8.56. The van der Waals surface area contributed by atoms with E-state index in [1.807, 2.05) is 0 Å². The van der Waals surface area contributed by atoms with Crippen LogP contribution < -0.4 is 11.1 Å². The monoisotopic (exact) mass is 267 g/mol. The van der Waals surface area contributed by atoms with Crippen LogP contribution in [0, 0.1) is 5.92 Å². The largest absolute Gasteiger partial charge is 0.366 e. The summed E-state index contributed by atoms with van der Waals surface area (Å²) in [6.07, 6.45) is 6.19. The van der Waals surface area contributed by atoms with E-state index in [4.69, 9.17) is 17.3 Å².